The van der Waals surface area contributed by atoms with Crippen LogP contribution in [0.25, 0.3) is 0 Å². The van der Waals surface area contributed by atoms with E-state index in [9.17, 15) is 4.79 Å². The Hall–Kier alpha value is -1.39. The Morgan fingerprint density at radius 2 is 1.88 bits per heavy atom. The molecule has 1 amide bonds. The highest BCUT2D eigenvalue weighted by Crippen LogP contribution is 2.24. The largest absolute Gasteiger partial charge is 0.356 e. The number of rotatable bonds is 6. The van der Waals surface area contributed by atoms with Gasteiger partial charge in [-0.25, -0.2) is 0 Å². The van der Waals surface area contributed by atoms with Gasteiger partial charge >= 0.3 is 0 Å². The van der Waals surface area contributed by atoms with E-state index in [1.165, 1.54) is 38.0 Å². The van der Waals surface area contributed by atoms with Crippen molar-refractivity contribution in [3.8, 4) is 0 Å². The van der Waals surface area contributed by atoms with Crippen molar-refractivity contribution < 1.29 is 4.79 Å². The fourth-order valence-corrected chi connectivity index (χ4v) is 4.23. The zero-order valence-electron chi connectivity index (χ0n) is 15.6. The summed E-state index contributed by atoms with van der Waals surface area (Å²) in [5.74, 6) is 0.468. The lowest BCUT2D eigenvalue weighted by Crippen LogP contribution is -2.50. The van der Waals surface area contributed by atoms with Gasteiger partial charge in [0.15, 0.2) is 0 Å². The minimum atomic E-state index is 0.197. The molecule has 1 aromatic carbocycles. The minimum absolute atomic E-state index is 0.197. The number of hydrogen-bond donors (Lipinski definition) is 1. The van der Waals surface area contributed by atoms with Gasteiger partial charge in [0.25, 0.3) is 0 Å². The van der Waals surface area contributed by atoms with Crippen molar-refractivity contribution in [2.24, 2.45) is 5.92 Å². The Morgan fingerprint density at radius 3 is 2.60 bits per heavy atom. The van der Waals surface area contributed by atoms with Gasteiger partial charge in [-0.05, 0) is 57.3 Å². The predicted molar refractivity (Wildman–Crippen MR) is 102 cm³/mol. The number of amides is 1. The van der Waals surface area contributed by atoms with E-state index in [0.29, 0.717) is 6.04 Å². The van der Waals surface area contributed by atoms with Crippen LogP contribution in [0.15, 0.2) is 30.3 Å². The van der Waals surface area contributed by atoms with E-state index < -0.39 is 0 Å². The van der Waals surface area contributed by atoms with Crippen molar-refractivity contribution in [2.75, 3.05) is 32.7 Å². The van der Waals surface area contributed by atoms with Crippen LogP contribution in [0.4, 0.5) is 0 Å². The number of likely N-dealkylation sites (tertiary alicyclic amines) is 2. The van der Waals surface area contributed by atoms with Crippen LogP contribution in [0, 0.1) is 5.92 Å². The lowest BCUT2D eigenvalue weighted by Gasteiger charge is -2.42. The van der Waals surface area contributed by atoms with Crippen molar-refractivity contribution in [3.63, 3.8) is 0 Å². The van der Waals surface area contributed by atoms with Crippen molar-refractivity contribution in [3.05, 3.63) is 35.9 Å². The summed E-state index contributed by atoms with van der Waals surface area (Å²) < 4.78 is 0. The van der Waals surface area contributed by atoms with E-state index in [1.807, 2.05) is 0 Å². The first kappa shape index (κ1) is 18.4. The summed E-state index contributed by atoms with van der Waals surface area (Å²) in [4.78, 5) is 17.5. The predicted octanol–water partition coefficient (Wildman–Crippen LogP) is 2.89. The molecule has 0 radical (unpaired) electrons. The normalized spacial score (nSPS) is 23.5. The van der Waals surface area contributed by atoms with Crippen molar-refractivity contribution in [1.29, 1.82) is 0 Å². The van der Waals surface area contributed by atoms with E-state index in [2.05, 4.69) is 52.4 Å². The van der Waals surface area contributed by atoms with E-state index in [4.69, 9.17) is 0 Å². The van der Waals surface area contributed by atoms with Gasteiger partial charge in [-0.2, -0.15) is 0 Å². The molecule has 2 saturated heterocycles. The van der Waals surface area contributed by atoms with Crippen LogP contribution < -0.4 is 5.32 Å². The summed E-state index contributed by atoms with van der Waals surface area (Å²) in [6, 6.07) is 11.4. The highest BCUT2D eigenvalue weighted by atomic mass is 16.1. The van der Waals surface area contributed by atoms with Crippen LogP contribution in [0.2, 0.25) is 0 Å². The van der Waals surface area contributed by atoms with Gasteiger partial charge in [-0.3, -0.25) is 14.6 Å². The monoisotopic (exact) mass is 343 g/mol. The van der Waals surface area contributed by atoms with Crippen LogP contribution in [-0.2, 0) is 11.3 Å². The summed E-state index contributed by atoms with van der Waals surface area (Å²) >= 11 is 0. The topological polar surface area (TPSA) is 35.6 Å². The van der Waals surface area contributed by atoms with E-state index in [0.717, 1.165) is 38.9 Å². The van der Waals surface area contributed by atoms with Gasteiger partial charge in [-0.1, -0.05) is 37.3 Å². The number of piperidine rings is 2. The Labute approximate surface area is 152 Å². The van der Waals surface area contributed by atoms with E-state index >= 15 is 0 Å². The number of nitrogens with zero attached hydrogens (tertiary/aromatic N) is 2. The molecule has 2 fully saturated rings. The van der Waals surface area contributed by atoms with Crippen LogP contribution in [-0.4, -0.2) is 54.5 Å². The number of hydrogen-bond acceptors (Lipinski definition) is 3. The minimum Gasteiger partial charge on any atom is -0.356 e. The summed E-state index contributed by atoms with van der Waals surface area (Å²) in [6.45, 7) is 8.45. The molecule has 138 valence electrons. The molecule has 1 atom stereocenters. The third-order valence-corrected chi connectivity index (χ3v) is 5.70. The van der Waals surface area contributed by atoms with Crippen LogP contribution in [0.1, 0.15) is 44.6 Å². The molecule has 0 bridgehead atoms. The molecule has 0 spiro atoms. The number of nitrogens with one attached hydrogen (secondary N) is 1. The van der Waals surface area contributed by atoms with Crippen molar-refractivity contribution >= 4 is 5.91 Å². The molecule has 1 N–H and O–H groups in total. The maximum absolute atomic E-state index is 12.3. The second-order valence-electron chi connectivity index (χ2n) is 7.62. The van der Waals surface area contributed by atoms with Crippen molar-refractivity contribution in [1.82, 2.24) is 15.1 Å². The van der Waals surface area contributed by atoms with Crippen LogP contribution >= 0.6 is 0 Å². The molecular formula is C21H33N3O. The molecule has 2 aliphatic rings. The van der Waals surface area contributed by atoms with Gasteiger partial charge in [-0.15, -0.1) is 0 Å². The smallest absolute Gasteiger partial charge is 0.224 e. The molecular weight excluding hydrogens is 310 g/mol. The highest BCUT2D eigenvalue weighted by molar-refractivity contribution is 5.78. The molecule has 3 rings (SSSR count). The molecule has 0 unspecified atom stereocenters. The van der Waals surface area contributed by atoms with Gasteiger partial charge in [0.05, 0.1) is 5.92 Å². The Kier molecular flexibility index (Phi) is 6.88. The molecule has 2 heterocycles. The molecule has 0 saturated carbocycles. The average Bonchev–Trinajstić information content (AvgIpc) is 2.67. The zero-order valence-corrected chi connectivity index (χ0v) is 15.6. The molecule has 4 heteroatoms. The first-order chi connectivity index (χ1) is 12.3. The molecule has 2 aliphatic heterocycles. The fraction of sp³-hybridized carbons (Fsp3) is 0.667. The van der Waals surface area contributed by atoms with Crippen molar-refractivity contribution in [2.45, 2.75) is 51.6 Å². The van der Waals surface area contributed by atoms with Crippen LogP contribution in [0.5, 0.6) is 0 Å². The summed E-state index contributed by atoms with van der Waals surface area (Å²) in [5, 5.41) is 3.09. The highest BCUT2D eigenvalue weighted by Gasteiger charge is 2.31. The standard InChI is InChI=1S/C21H33N3O/c1-2-12-22-21(25)19-9-6-13-24(17-19)20-10-14-23(15-11-20)16-18-7-4-3-5-8-18/h3-5,7-8,19-20H,2,6,9-17H2,1H3,(H,22,25)/t19-/m0/s1. The molecule has 1 aromatic rings. The summed E-state index contributed by atoms with van der Waals surface area (Å²) in [5.41, 5.74) is 1.41. The van der Waals surface area contributed by atoms with Crippen LogP contribution in [0.3, 0.4) is 0 Å². The second-order valence-corrected chi connectivity index (χ2v) is 7.62. The average molecular weight is 344 g/mol. The Balaban J connectivity index is 1.45. The molecule has 4 nitrogen and oxygen atoms in total. The number of benzene rings is 1. The number of carbonyl (C=O) groups is 1. The lowest BCUT2D eigenvalue weighted by atomic mass is 9.93. The second kappa shape index (κ2) is 9.35. The van der Waals surface area contributed by atoms with Gasteiger partial charge in [0.2, 0.25) is 5.91 Å². The summed E-state index contributed by atoms with van der Waals surface area (Å²) in [7, 11) is 0. The third-order valence-electron chi connectivity index (χ3n) is 5.70. The first-order valence-electron chi connectivity index (χ1n) is 10.0. The SMILES string of the molecule is CCCNC(=O)[C@H]1CCCN(C2CCN(Cc3ccccc3)CC2)C1. The lowest BCUT2D eigenvalue weighted by molar-refractivity contribution is -0.127. The van der Waals surface area contributed by atoms with E-state index in [1.54, 1.807) is 0 Å². The number of carbonyl (C=O) groups excluding carboxylic acids is 1. The fourth-order valence-electron chi connectivity index (χ4n) is 4.23. The Morgan fingerprint density at radius 1 is 1.12 bits per heavy atom. The first-order valence-corrected chi connectivity index (χ1v) is 10.0. The quantitative estimate of drug-likeness (QED) is 0.863. The maximum atomic E-state index is 12.3. The zero-order chi connectivity index (χ0) is 17.5. The Bertz CT molecular complexity index is 525. The van der Waals surface area contributed by atoms with Gasteiger partial charge < -0.3 is 5.32 Å². The summed E-state index contributed by atoms with van der Waals surface area (Å²) in [6.07, 6.45) is 5.70. The molecule has 0 aliphatic carbocycles. The molecule has 0 aromatic heterocycles. The van der Waals surface area contributed by atoms with E-state index in [-0.39, 0.29) is 11.8 Å². The molecule has 25 heavy (non-hydrogen) atoms. The maximum Gasteiger partial charge on any atom is 0.224 e. The van der Waals surface area contributed by atoms with Gasteiger partial charge in [0.1, 0.15) is 0 Å². The third kappa shape index (κ3) is 5.29. The van der Waals surface area contributed by atoms with Gasteiger partial charge in [0, 0.05) is 25.7 Å².